The summed E-state index contributed by atoms with van der Waals surface area (Å²) in [5.74, 6) is 1.01. The van der Waals surface area contributed by atoms with Gasteiger partial charge in [-0.3, -0.25) is 9.09 Å². The van der Waals surface area contributed by atoms with Gasteiger partial charge in [-0.25, -0.2) is 0 Å². The van der Waals surface area contributed by atoms with Crippen LogP contribution in [0.5, 0.6) is 11.5 Å². The molecule has 3 aromatic carbocycles. The number of rotatable bonds is 7. The molecule has 0 saturated carbocycles. The first kappa shape index (κ1) is 26.1. The van der Waals surface area contributed by atoms with Crippen LogP contribution in [0.2, 0.25) is 10.0 Å². The van der Waals surface area contributed by atoms with Crippen LogP contribution in [0.25, 0.3) is 0 Å². The Balaban J connectivity index is 1.45. The average molecular weight is 535 g/mol. The van der Waals surface area contributed by atoms with Crippen molar-refractivity contribution in [3.05, 3.63) is 92.5 Å². The number of halogens is 2. The number of aromatic hydroxyl groups is 1. The van der Waals surface area contributed by atoms with E-state index in [9.17, 15) is 9.67 Å². The topological polar surface area (TPSA) is 65.0 Å². The lowest BCUT2D eigenvalue weighted by atomic mass is 9.95. The van der Waals surface area contributed by atoms with Gasteiger partial charge in [-0.15, -0.1) is 0 Å². The van der Waals surface area contributed by atoms with Crippen molar-refractivity contribution in [2.75, 3.05) is 13.0 Å². The molecule has 8 heteroatoms. The number of hydrogen-bond donors (Lipinski definition) is 1. The summed E-state index contributed by atoms with van der Waals surface area (Å²) in [4.78, 5) is 0. The molecule has 1 unspecified atom stereocenters. The van der Waals surface area contributed by atoms with Crippen molar-refractivity contribution in [2.24, 2.45) is 0 Å². The molecule has 1 aliphatic heterocycles. The van der Waals surface area contributed by atoms with Gasteiger partial charge in [0.1, 0.15) is 11.5 Å². The van der Waals surface area contributed by atoms with E-state index < -0.39 is 7.60 Å². The minimum Gasteiger partial charge on any atom is -0.508 e. The standard InChI is InChI=1S/C27H29Cl2O5P/c1-17(2)23-12-19(7-8-26(23)30)13-24-18(3)11-22(15-25(24)29)32-16-35(31)33-10-9-27(34-35)20-5-4-6-21(28)14-20/h4-8,11-12,14-15,17,27,30H,9-10,13,16H2,1-3H3/t27-,35?/m0/s1. The van der Waals surface area contributed by atoms with Gasteiger partial charge in [0.15, 0.2) is 6.35 Å². The molecule has 1 N–H and O–H groups in total. The molecule has 0 radical (unpaired) electrons. The smallest absolute Gasteiger partial charge is 0.368 e. The lowest BCUT2D eigenvalue weighted by Gasteiger charge is -2.30. The fraction of sp³-hybridized carbons (Fsp3) is 0.333. The van der Waals surface area contributed by atoms with Crippen LogP contribution in [0.3, 0.4) is 0 Å². The molecule has 1 aliphatic rings. The van der Waals surface area contributed by atoms with Gasteiger partial charge in [0.25, 0.3) is 0 Å². The maximum atomic E-state index is 13.2. The summed E-state index contributed by atoms with van der Waals surface area (Å²) in [5.41, 5.74) is 4.75. The highest BCUT2D eigenvalue weighted by Crippen LogP contribution is 2.56. The average Bonchev–Trinajstić information content (AvgIpc) is 2.81. The third-order valence-corrected chi connectivity index (χ3v) is 8.22. The molecule has 186 valence electrons. The molecule has 0 spiro atoms. The fourth-order valence-electron chi connectivity index (χ4n) is 4.16. The molecule has 1 saturated heterocycles. The summed E-state index contributed by atoms with van der Waals surface area (Å²) < 4.78 is 30.4. The second kappa shape index (κ2) is 10.9. The van der Waals surface area contributed by atoms with Crippen molar-refractivity contribution in [3.8, 4) is 11.5 Å². The van der Waals surface area contributed by atoms with Crippen molar-refractivity contribution in [2.45, 2.75) is 45.6 Å². The van der Waals surface area contributed by atoms with Crippen LogP contribution >= 0.6 is 30.8 Å². The Morgan fingerprint density at radius 1 is 1.14 bits per heavy atom. The quantitative estimate of drug-likeness (QED) is 0.308. The van der Waals surface area contributed by atoms with E-state index in [1.807, 2.05) is 57.2 Å². The molecule has 0 aliphatic carbocycles. The molecular formula is C27H29Cl2O5P. The van der Waals surface area contributed by atoms with Crippen LogP contribution in [0.1, 0.15) is 60.1 Å². The Labute approximate surface area is 216 Å². The van der Waals surface area contributed by atoms with Gasteiger partial charge in [0.2, 0.25) is 0 Å². The van der Waals surface area contributed by atoms with Gasteiger partial charge in [-0.05, 0) is 77.4 Å². The van der Waals surface area contributed by atoms with Gasteiger partial charge < -0.3 is 14.4 Å². The second-order valence-corrected chi connectivity index (χ2v) is 11.9. The van der Waals surface area contributed by atoms with Crippen LogP contribution in [-0.2, 0) is 20.0 Å². The second-order valence-electron chi connectivity index (χ2n) is 9.08. The molecule has 5 nitrogen and oxygen atoms in total. The van der Waals surface area contributed by atoms with Crippen molar-refractivity contribution < 1.29 is 23.5 Å². The van der Waals surface area contributed by atoms with Crippen molar-refractivity contribution in [1.29, 1.82) is 0 Å². The van der Waals surface area contributed by atoms with Crippen molar-refractivity contribution in [1.82, 2.24) is 0 Å². The van der Waals surface area contributed by atoms with Gasteiger partial charge in [-0.2, -0.15) is 0 Å². The largest absolute Gasteiger partial charge is 0.508 e. The first-order chi connectivity index (χ1) is 16.6. The minimum atomic E-state index is -3.46. The Morgan fingerprint density at radius 2 is 1.94 bits per heavy atom. The predicted octanol–water partition coefficient (Wildman–Crippen LogP) is 8.43. The van der Waals surface area contributed by atoms with E-state index in [-0.39, 0.29) is 18.4 Å². The monoisotopic (exact) mass is 534 g/mol. The molecular weight excluding hydrogens is 506 g/mol. The lowest BCUT2D eigenvalue weighted by molar-refractivity contribution is 0.0725. The van der Waals surface area contributed by atoms with E-state index in [1.54, 1.807) is 18.2 Å². The SMILES string of the molecule is Cc1cc(OCP2(=O)OCC[C@@H](c3cccc(Cl)c3)O2)cc(Cl)c1Cc1ccc(O)c(C(C)C)c1. The van der Waals surface area contributed by atoms with E-state index in [4.69, 9.17) is 37.0 Å². The Kier molecular flexibility index (Phi) is 8.15. The molecule has 1 heterocycles. The molecule has 35 heavy (non-hydrogen) atoms. The van der Waals surface area contributed by atoms with E-state index >= 15 is 0 Å². The highest BCUT2D eigenvalue weighted by Gasteiger charge is 2.35. The molecule has 2 atom stereocenters. The summed E-state index contributed by atoms with van der Waals surface area (Å²) in [6, 6.07) is 16.6. The fourth-order valence-corrected chi connectivity index (χ4v) is 6.19. The summed E-state index contributed by atoms with van der Waals surface area (Å²) in [5, 5.41) is 11.3. The maximum absolute atomic E-state index is 13.2. The number of hydrogen-bond acceptors (Lipinski definition) is 5. The van der Waals surface area contributed by atoms with E-state index in [0.29, 0.717) is 41.0 Å². The maximum Gasteiger partial charge on any atom is 0.368 e. The first-order valence-corrected chi connectivity index (χ1v) is 14.0. The summed E-state index contributed by atoms with van der Waals surface area (Å²) >= 11 is 12.7. The summed E-state index contributed by atoms with van der Waals surface area (Å²) in [6.45, 7) is 6.36. The predicted molar refractivity (Wildman–Crippen MR) is 140 cm³/mol. The highest BCUT2D eigenvalue weighted by atomic mass is 35.5. The third kappa shape index (κ3) is 6.41. The van der Waals surface area contributed by atoms with E-state index in [0.717, 1.165) is 27.8 Å². The molecule has 4 rings (SSSR count). The number of phenols is 1. The normalized spacial score (nSPS) is 20.2. The van der Waals surface area contributed by atoms with Crippen LogP contribution in [-0.4, -0.2) is 18.1 Å². The van der Waals surface area contributed by atoms with Gasteiger partial charge >= 0.3 is 7.60 Å². The lowest BCUT2D eigenvalue weighted by Crippen LogP contribution is -2.17. The van der Waals surface area contributed by atoms with E-state index in [1.165, 1.54) is 0 Å². The first-order valence-electron chi connectivity index (χ1n) is 11.5. The van der Waals surface area contributed by atoms with Crippen molar-refractivity contribution >= 4 is 30.8 Å². The van der Waals surface area contributed by atoms with Crippen LogP contribution in [0.15, 0.2) is 54.6 Å². The number of ether oxygens (including phenoxy) is 1. The Morgan fingerprint density at radius 3 is 2.66 bits per heavy atom. The molecule has 0 amide bonds. The summed E-state index contributed by atoms with van der Waals surface area (Å²) in [6.07, 6.45) is 0.622. The van der Waals surface area contributed by atoms with Crippen molar-refractivity contribution in [3.63, 3.8) is 0 Å². The van der Waals surface area contributed by atoms with Crippen LogP contribution < -0.4 is 4.74 Å². The Hall–Kier alpha value is -2.01. The minimum absolute atomic E-state index is 0.213. The highest BCUT2D eigenvalue weighted by molar-refractivity contribution is 7.53. The van der Waals surface area contributed by atoms with Crippen LogP contribution in [0, 0.1) is 6.92 Å². The number of aryl methyl sites for hydroxylation is 1. The third-order valence-electron chi connectivity index (χ3n) is 6.05. The van der Waals surface area contributed by atoms with Gasteiger partial charge in [0.05, 0.1) is 12.7 Å². The molecule has 3 aromatic rings. The zero-order valence-electron chi connectivity index (χ0n) is 20.0. The van der Waals surface area contributed by atoms with Gasteiger partial charge in [0, 0.05) is 16.5 Å². The Bertz CT molecular complexity index is 1240. The molecule has 0 bridgehead atoms. The molecule has 1 fully saturated rings. The number of benzene rings is 3. The summed E-state index contributed by atoms with van der Waals surface area (Å²) in [7, 11) is -3.46. The van der Waals surface area contributed by atoms with E-state index in [2.05, 4.69) is 0 Å². The van der Waals surface area contributed by atoms with Crippen LogP contribution in [0.4, 0.5) is 0 Å². The van der Waals surface area contributed by atoms with Gasteiger partial charge in [-0.1, -0.05) is 61.3 Å². The zero-order chi connectivity index (χ0) is 25.2. The zero-order valence-corrected chi connectivity index (χ0v) is 22.4. The molecule has 0 aromatic heterocycles. The number of phenolic OH excluding ortho intramolecular Hbond substituents is 1.